The summed E-state index contributed by atoms with van der Waals surface area (Å²) in [6, 6.07) is 18.9. The molecule has 0 aliphatic heterocycles. The van der Waals surface area contributed by atoms with Gasteiger partial charge in [0.25, 0.3) is 5.91 Å². The second-order valence-corrected chi connectivity index (χ2v) is 7.96. The van der Waals surface area contributed by atoms with E-state index in [1.54, 1.807) is 19.2 Å². The number of hydrogen-bond acceptors (Lipinski definition) is 6. The molecule has 7 nitrogen and oxygen atoms in total. The number of halogens is 2. The number of nitrogens with zero attached hydrogens (tertiary/aromatic N) is 1. The smallest absolute Gasteiger partial charge is 0.255 e. The van der Waals surface area contributed by atoms with Crippen LogP contribution in [0, 0.1) is 11.6 Å². The van der Waals surface area contributed by atoms with Crippen LogP contribution in [-0.2, 0) is 13.1 Å². The molecular formula is C27H25F2N5O2. The van der Waals surface area contributed by atoms with Crippen molar-refractivity contribution in [1.29, 1.82) is 0 Å². The summed E-state index contributed by atoms with van der Waals surface area (Å²) in [6.07, 6.45) is 1.54. The predicted molar refractivity (Wildman–Crippen MR) is 136 cm³/mol. The molecule has 0 fully saturated rings. The molecule has 0 saturated heterocycles. The lowest BCUT2D eigenvalue weighted by Gasteiger charge is -2.15. The summed E-state index contributed by atoms with van der Waals surface area (Å²) in [6.45, 7) is 0.989. The third-order valence-corrected chi connectivity index (χ3v) is 5.46. The summed E-state index contributed by atoms with van der Waals surface area (Å²) in [7, 11) is 1.62. The SMILES string of the molecule is COc1ccc(CNCc2c(Nc3ccc(NC(=O)c4cccc(F)c4)cc3F)ccnc2N)cc1. The summed E-state index contributed by atoms with van der Waals surface area (Å²) in [4.78, 5) is 16.5. The molecule has 4 aromatic rings. The Labute approximate surface area is 207 Å². The van der Waals surface area contributed by atoms with Gasteiger partial charge in [0.1, 0.15) is 23.2 Å². The van der Waals surface area contributed by atoms with Crippen molar-refractivity contribution in [2.45, 2.75) is 13.1 Å². The molecule has 1 aromatic heterocycles. The molecule has 4 rings (SSSR count). The molecule has 9 heteroatoms. The zero-order valence-corrected chi connectivity index (χ0v) is 19.5. The summed E-state index contributed by atoms with van der Waals surface area (Å²) >= 11 is 0. The minimum Gasteiger partial charge on any atom is -0.497 e. The molecule has 0 radical (unpaired) electrons. The highest BCUT2D eigenvalue weighted by atomic mass is 19.1. The van der Waals surface area contributed by atoms with Gasteiger partial charge in [-0.1, -0.05) is 18.2 Å². The highest BCUT2D eigenvalue weighted by Gasteiger charge is 2.12. The molecule has 0 bridgehead atoms. The van der Waals surface area contributed by atoms with E-state index in [1.165, 1.54) is 36.5 Å². The third-order valence-electron chi connectivity index (χ3n) is 5.46. The zero-order chi connectivity index (χ0) is 25.5. The average Bonchev–Trinajstić information content (AvgIpc) is 2.87. The lowest BCUT2D eigenvalue weighted by atomic mass is 10.1. The molecule has 3 aromatic carbocycles. The standard InChI is InChI=1S/C27H25F2N5O2/c1-36-21-8-5-17(6-9-21)15-31-16-22-24(11-12-32-26(22)30)34-25-10-7-20(14-23(25)29)33-27(35)18-3-2-4-19(28)13-18/h2-14,31H,15-16H2,1H3,(H,33,35)(H3,30,32,34). The second kappa shape index (κ2) is 11.3. The van der Waals surface area contributed by atoms with Gasteiger partial charge >= 0.3 is 0 Å². The average molecular weight is 490 g/mol. The number of methoxy groups -OCH3 is 1. The number of carbonyl (C=O) groups is 1. The molecule has 184 valence electrons. The number of aromatic nitrogens is 1. The summed E-state index contributed by atoms with van der Waals surface area (Å²) in [5.41, 5.74) is 9.02. The van der Waals surface area contributed by atoms with Crippen molar-refractivity contribution in [1.82, 2.24) is 10.3 Å². The first-order valence-electron chi connectivity index (χ1n) is 11.1. The maximum absolute atomic E-state index is 14.9. The number of benzene rings is 3. The molecule has 0 saturated carbocycles. The van der Waals surface area contributed by atoms with Crippen LogP contribution >= 0.6 is 0 Å². The van der Waals surface area contributed by atoms with Gasteiger partial charge in [-0.2, -0.15) is 0 Å². The minimum atomic E-state index is -0.584. The van der Waals surface area contributed by atoms with Gasteiger partial charge in [0.15, 0.2) is 0 Å². The van der Waals surface area contributed by atoms with E-state index in [4.69, 9.17) is 10.5 Å². The molecular weight excluding hydrogens is 464 g/mol. The van der Waals surface area contributed by atoms with E-state index in [0.29, 0.717) is 30.2 Å². The Morgan fingerprint density at radius 2 is 1.78 bits per heavy atom. The van der Waals surface area contributed by atoms with Crippen molar-refractivity contribution in [2.24, 2.45) is 0 Å². The molecule has 0 spiro atoms. The van der Waals surface area contributed by atoms with Crippen LogP contribution in [0.25, 0.3) is 0 Å². The first-order valence-corrected chi connectivity index (χ1v) is 11.1. The Balaban J connectivity index is 1.43. The summed E-state index contributed by atoms with van der Waals surface area (Å²) < 4.78 is 33.4. The summed E-state index contributed by atoms with van der Waals surface area (Å²) in [5, 5.41) is 8.94. The predicted octanol–water partition coefficient (Wildman–Crippen LogP) is 5.24. The van der Waals surface area contributed by atoms with E-state index >= 15 is 0 Å². The summed E-state index contributed by atoms with van der Waals surface area (Å²) in [5.74, 6) is -0.550. The molecule has 1 heterocycles. The van der Waals surface area contributed by atoms with E-state index in [1.807, 2.05) is 24.3 Å². The number of hydrogen-bond donors (Lipinski definition) is 4. The fraction of sp³-hybridized carbons (Fsp3) is 0.111. The number of anilines is 4. The quantitative estimate of drug-likeness (QED) is 0.257. The number of rotatable bonds is 9. The largest absolute Gasteiger partial charge is 0.497 e. The number of nitrogen functional groups attached to an aromatic ring is 1. The van der Waals surface area contributed by atoms with Crippen LogP contribution in [0.3, 0.4) is 0 Å². The maximum Gasteiger partial charge on any atom is 0.255 e. The van der Waals surface area contributed by atoms with Crippen LogP contribution in [0.1, 0.15) is 21.5 Å². The minimum absolute atomic E-state index is 0.136. The number of amides is 1. The van der Waals surface area contributed by atoms with Crippen molar-refractivity contribution in [3.63, 3.8) is 0 Å². The lowest BCUT2D eigenvalue weighted by Crippen LogP contribution is -2.16. The second-order valence-electron chi connectivity index (χ2n) is 7.96. The fourth-order valence-corrected chi connectivity index (χ4v) is 3.56. The van der Waals surface area contributed by atoms with Crippen LogP contribution in [-0.4, -0.2) is 18.0 Å². The highest BCUT2D eigenvalue weighted by Crippen LogP contribution is 2.27. The Bertz CT molecular complexity index is 1360. The van der Waals surface area contributed by atoms with Gasteiger partial charge in [0.2, 0.25) is 0 Å². The van der Waals surface area contributed by atoms with E-state index in [0.717, 1.165) is 17.4 Å². The normalized spacial score (nSPS) is 10.6. The van der Waals surface area contributed by atoms with Crippen LogP contribution in [0.5, 0.6) is 5.75 Å². The van der Waals surface area contributed by atoms with Gasteiger partial charge in [-0.25, -0.2) is 13.8 Å². The van der Waals surface area contributed by atoms with E-state index in [-0.39, 0.29) is 16.9 Å². The Morgan fingerprint density at radius 1 is 0.972 bits per heavy atom. The van der Waals surface area contributed by atoms with Crippen molar-refractivity contribution < 1.29 is 18.3 Å². The Hall–Kier alpha value is -4.50. The monoisotopic (exact) mass is 489 g/mol. The molecule has 0 unspecified atom stereocenters. The fourth-order valence-electron chi connectivity index (χ4n) is 3.56. The van der Waals surface area contributed by atoms with Gasteiger partial charge in [-0.3, -0.25) is 4.79 Å². The molecule has 1 amide bonds. The lowest BCUT2D eigenvalue weighted by molar-refractivity contribution is 0.102. The van der Waals surface area contributed by atoms with Crippen molar-refractivity contribution in [2.75, 3.05) is 23.5 Å². The Kier molecular flexibility index (Phi) is 7.72. The Morgan fingerprint density at radius 3 is 2.50 bits per heavy atom. The van der Waals surface area contributed by atoms with Crippen molar-refractivity contribution in [3.8, 4) is 5.75 Å². The number of ether oxygens (including phenoxy) is 1. The van der Waals surface area contributed by atoms with E-state index in [9.17, 15) is 13.6 Å². The van der Waals surface area contributed by atoms with Gasteiger partial charge in [-0.15, -0.1) is 0 Å². The van der Waals surface area contributed by atoms with E-state index < -0.39 is 17.5 Å². The van der Waals surface area contributed by atoms with Crippen LogP contribution in [0.15, 0.2) is 79.0 Å². The molecule has 0 aliphatic carbocycles. The number of nitrogens with two attached hydrogens (primary N) is 1. The molecule has 0 aliphatic rings. The van der Waals surface area contributed by atoms with Crippen LogP contribution in [0.4, 0.5) is 31.7 Å². The first kappa shape index (κ1) is 24.6. The van der Waals surface area contributed by atoms with Gasteiger partial charge < -0.3 is 26.4 Å². The van der Waals surface area contributed by atoms with Crippen molar-refractivity contribution in [3.05, 3.63) is 107 Å². The molecule has 0 atom stereocenters. The zero-order valence-electron chi connectivity index (χ0n) is 19.5. The number of pyridine rings is 1. The van der Waals surface area contributed by atoms with Crippen LogP contribution in [0.2, 0.25) is 0 Å². The first-order chi connectivity index (χ1) is 17.4. The highest BCUT2D eigenvalue weighted by molar-refractivity contribution is 6.04. The van der Waals surface area contributed by atoms with Crippen LogP contribution < -0.4 is 26.4 Å². The van der Waals surface area contributed by atoms with E-state index in [2.05, 4.69) is 20.9 Å². The van der Waals surface area contributed by atoms with Crippen molar-refractivity contribution >= 4 is 28.8 Å². The molecule has 5 N–H and O–H groups in total. The van der Waals surface area contributed by atoms with Gasteiger partial charge in [0, 0.05) is 41.8 Å². The topological polar surface area (TPSA) is 101 Å². The molecule has 36 heavy (non-hydrogen) atoms. The maximum atomic E-state index is 14.9. The van der Waals surface area contributed by atoms with Gasteiger partial charge in [-0.05, 0) is 60.2 Å². The third kappa shape index (κ3) is 6.13. The number of nitrogens with one attached hydrogen (secondary N) is 3. The number of carbonyl (C=O) groups excluding carboxylic acids is 1. The van der Waals surface area contributed by atoms with Gasteiger partial charge in [0.05, 0.1) is 12.8 Å².